The predicted octanol–water partition coefficient (Wildman–Crippen LogP) is 3.25. The van der Waals surface area contributed by atoms with E-state index in [2.05, 4.69) is 53.4 Å². The molecule has 2 aromatic heterocycles. The van der Waals surface area contributed by atoms with Crippen LogP contribution >= 0.6 is 0 Å². The summed E-state index contributed by atoms with van der Waals surface area (Å²) < 4.78 is 2.33. The summed E-state index contributed by atoms with van der Waals surface area (Å²) in [6, 6.07) is 9.88. The minimum Gasteiger partial charge on any atom is -0.381 e. The summed E-state index contributed by atoms with van der Waals surface area (Å²) in [5.74, 6) is 0. The quantitative estimate of drug-likeness (QED) is 0.672. The molecule has 0 aliphatic heterocycles. The molecule has 15 heavy (non-hydrogen) atoms. The maximum atomic E-state index is 3.78. The maximum Gasteiger partial charge on any atom is 0.152 e. The number of rotatable bonds is 1. The van der Waals surface area contributed by atoms with Crippen LogP contribution in [0.15, 0.2) is 55.1 Å². The van der Waals surface area contributed by atoms with Crippen LogP contribution in [0.3, 0.4) is 0 Å². The lowest BCUT2D eigenvalue weighted by molar-refractivity contribution is 1.15. The third-order valence-corrected chi connectivity index (χ3v) is 3.79. The number of pyridine rings is 1. The van der Waals surface area contributed by atoms with Crippen molar-refractivity contribution in [3.05, 3.63) is 55.1 Å². The van der Waals surface area contributed by atoms with Crippen molar-refractivity contribution in [1.82, 2.24) is 9.22 Å². The van der Waals surface area contributed by atoms with Gasteiger partial charge in [-0.15, -0.1) is 0 Å². The molecule has 2 aromatic rings. The van der Waals surface area contributed by atoms with Gasteiger partial charge in [-0.1, -0.05) is 25.7 Å². The van der Waals surface area contributed by atoms with Gasteiger partial charge in [0.25, 0.3) is 0 Å². The Hall–Kier alpha value is -1.35. The van der Waals surface area contributed by atoms with E-state index in [4.69, 9.17) is 0 Å². The van der Waals surface area contributed by atoms with E-state index in [-0.39, 0.29) is 0 Å². The highest BCUT2D eigenvalue weighted by Crippen LogP contribution is 2.04. The Morgan fingerprint density at radius 1 is 0.800 bits per heavy atom. The third-order valence-electron chi connectivity index (χ3n) is 1.95. The average molecular weight is 218 g/mol. The minimum absolute atomic E-state index is 1.06. The summed E-state index contributed by atoms with van der Waals surface area (Å²) in [4.78, 5) is 3.78. The monoisotopic (exact) mass is 218 g/mol. The molecule has 0 radical (unpaired) electrons. The molecule has 0 fully saturated rings. The molecule has 0 atom stereocenters. The predicted molar refractivity (Wildman–Crippen MR) is 67.4 cm³/mol. The highest BCUT2D eigenvalue weighted by atomic mass is 28.3. The third kappa shape index (κ3) is 4.60. The van der Waals surface area contributed by atoms with Gasteiger partial charge in [-0.05, 0) is 36.7 Å². The molecule has 80 valence electrons. The molecule has 0 aliphatic carbocycles. The van der Waals surface area contributed by atoms with Crippen LogP contribution in [-0.4, -0.2) is 17.5 Å². The van der Waals surface area contributed by atoms with Gasteiger partial charge in [0.15, 0.2) is 8.24 Å². The van der Waals surface area contributed by atoms with Crippen molar-refractivity contribution in [1.29, 1.82) is 0 Å². The van der Waals surface area contributed by atoms with Gasteiger partial charge in [0.05, 0.1) is 0 Å². The van der Waals surface area contributed by atoms with Crippen LogP contribution in [-0.2, 0) is 0 Å². The lowest BCUT2D eigenvalue weighted by Crippen LogP contribution is -2.30. The standard InChI is InChI=1S/C7H13NSi.C5H5N/c1-9(2,3)8-6-4-5-7-8;1-2-4-6-5-3-1/h4-7H,1-3H3;1-5H. The van der Waals surface area contributed by atoms with Crippen LogP contribution in [0.5, 0.6) is 0 Å². The van der Waals surface area contributed by atoms with Gasteiger partial charge in [-0.25, -0.2) is 0 Å². The van der Waals surface area contributed by atoms with Crippen LogP contribution < -0.4 is 0 Å². The molecular weight excluding hydrogens is 200 g/mol. The lowest BCUT2D eigenvalue weighted by atomic mass is 10.5. The molecule has 2 heterocycles. The molecule has 0 saturated heterocycles. The zero-order valence-corrected chi connectivity index (χ0v) is 10.6. The fourth-order valence-corrected chi connectivity index (χ4v) is 2.16. The fourth-order valence-electron chi connectivity index (χ4n) is 1.09. The van der Waals surface area contributed by atoms with Gasteiger partial charge in [0.1, 0.15) is 0 Å². The Bertz CT molecular complexity index is 322. The summed E-state index contributed by atoms with van der Waals surface area (Å²) >= 11 is 0. The normalized spacial score (nSPS) is 10.3. The second-order valence-electron chi connectivity index (χ2n) is 4.29. The first-order valence-corrected chi connectivity index (χ1v) is 8.54. The van der Waals surface area contributed by atoms with E-state index in [1.807, 2.05) is 18.2 Å². The molecule has 0 amide bonds. The Kier molecular flexibility index (Phi) is 4.30. The van der Waals surface area contributed by atoms with Crippen molar-refractivity contribution in [2.45, 2.75) is 19.6 Å². The number of nitrogens with zero attached hydrogens (tertiary/aromatic N) is 2. The van der Waals surface area contributed by atoms with Gasteiger partial charge >= 0.3 is 0 Å². The maximum absolute atomic E-state index is 3.78. The first kappa shape index (κ1) is 11.7. The molecule has 2 nitrogen and oxygen atoms in total. The molecule has 0 aliphatic rings. The van der Waals surface area contributed by atoms with Crippen LogP contribution in [0.1, 0.15) is 0 Å². The summed E-state index contributed by atoms with van der Waals surface area (Å²) in [7, 11) is -1.06. The Morgan fingerprint density at radius 3 is 1.53 bits per heavy atom. The van der Waals surface area contributed by atoms with Crippen LogP contribution in [0, 0.1) is 0 Å². The average Bonchev–Trinajstić information content (AvgIpc) is 2.73. The zero-order chi connectivity index (χ0) is 11.1. The Labute approximate surface area is 92.7 Å². The van der Waals surface area contributed by atoms with E-state index in [1.165, 1.54) is 0 Å². The van der Waals surface area contributed by atoms with E-state index in [0.717, 1.165) is 0 Å². The Balaban J connectivity index is 0.000000162. The van der Waals surface area contributed by atoms with Crippen molar-refractivity contribution in [2.75, 3.05) is 0 Å². The van der Waals surface area contributed by atoms with E-state index in [0.29, 0.717) is 0 Å². The largest absolute Gasteiger partial charge is 0.381 e. The second-order valence-corrected chi connectivity index (χ2v) is 9.14. The summed E-state index contributed by atoms with van der Waals surface area (Å²) in [5, 5.41) is 0. The molecule has 0 unspecified atom stereocenters. The van der Waals surface area contributed by atoms with E-state index in [9.17, 15) is 0 Å². The molecule has 0 spiro atoms. The van der Waals surface area contributed by atoms with Crippen LogP contribution in [0.2, 0.25) is 19.6 Å². The van der Waals surface area contributed by atoms with Crippen molar-refractivity contribution < 1.29 is 0 Å². The van der Waals surface area contributed by atoms with Gasteiger partial charge < -0.3 is 4.23 Å². The molecule has 0 saturated carbocycles. The zero-order valence-electron chi connectivity index (χ0n) is 9.59. The second kappa shape index (κ2) is 5.51. The van der Waals surface area contributed by atoms with E-state index < -0.39 is 8.24 Å². The first-order valence-electron chi connectivity index (χ1n) is 5.09. The molecular formula is C12H18N2Si. The fraction of sp³-hybridized carbons (Fsp3) is 0.250. The van der Waals surface area contributed by atoms with Crippen LogP contribution in [0.4, 0.5) is 0 Å². The number of aromatic nitrogens is 2. The smallest absolute Gasteiger partial charge is 0.152 e. The molecule has 0 aromatic carbocycles. The summed E-state index contributed by atoms with van der Waals surface area (Å²) in [6.45, 7) is 6.98. The number of hydrogen-bond acceptors (Lipinski definition) is 1. The van der Waals surface area contributed by atoms with Gasteiger partial charge in [0, 0.05) is 12.4 Å². The lowest BCUT2D eigenvalue weighted by Gasteiger charge is -2.17. The molecule has 3 heteroatoms. The highest BCUT2D eigenvalue weighted by Gasteiger charge is 2.13. The van der Waals surface area contributed by atoms with E-state index >= 15 is 0 Å². The molecule has 0 bridgehead atoms. The van der Waals surface area contributed by atoms with E-state index in [1.54, 1.807) is 12.4 Å². The first-order chi connectivity index (χ1) is 7.11. The number of hydrogen-bond donors (Lipinski definition) is 0. The van der Waals surface area contributed by atoms with Gasteiger partial charge in [-0.3, -0.25) is 4.98 Å². The topological polar surface area (TPSA) is 17.8 Å². The van der Waals surface area contributed by atoms with Gasteiger partial charge in [0.2, 0.25) is 0 Å². The summed E-state index contributed by atoms with van der Waals surface area (Å²) in [5.41, 5.74) is 0. The highest BCUT2D eigenvalue weighted by molar-refractivity contribution is 6.74. The van der Waals surface area contributed by atoms with Gasteiger partial charge in [-0.2, -0.15) is 0 Å². The SMILES string of the molecule is C[Si](C)(C)n1cccc1.c1ccncc1. The van der Waals surface area contributed by atoms with Crippen molar-refractivity contribution in [3.63, 3.8) is 0 Å². The van der Waals surface area contributed by atoms with Crippen molar-refractivity contribution in [3.8, 4) is 0 Å². The van der Waals surface area contributed by atoms with Crippen molar-refractivity contribution in [2.24, 2.45) is 0 Å². The van der Waals surface area contributed by atoms with Crippen LogP contribution in [0.25, 0.3) is 0 Å². The van der Waals surface area contributed by atoms with Crippen molar-refractivity contribution >= 4 is 8.24 Å². The summed E-state index contributed by atoms with van der Waals surface area (Å²) in [6.07, 6.45) is 7.79. The molecule has 0 N–H and O–H groups in total. The molecule has 2 rings (SSSR count). The Morgan fingerprint density at radius 2 is 1.33 bits per heavy atom. The minimum atomic E-state index is -1.06.